The Balaban J connectivity index is 2.02. The van der Waals surface area contributed by atoms with Crippen LogP contribution in [0.15, 0.2) is 0 Å². The zero-order valence-corrected chi connectivity index (χ0v) is 14.5. The first-order valence-corrected chi connectivity index (χ1v) is 8.59. The van der Waals surface area contributed by atoms with Crippen LogP contribution in [-0.4, -0.2) is 53.7 Å². The van der Waals surface area contributed by atoms with E-state index in [9.17, 15) is 4.79 Å². The van der Waals surface area contributed by atoms with Crippen molar-refractivity contribution in [2.24, 2.45) is 0 Å². The smallest absolute Gasteiger partial charge is 0.274 e. The molecule has 7 nitrogen and oxygen atoms in total. The molecule has 0 saturated carbocycles. The van der Waals surface area contributed by atoms with E-state index >= 15 is 0 Å². The number of nitrogens with one attached hydrogen (secondary N) is 2. The fraction of sp³-hybridized carbons (Fsp3) is 0.812. The molecule has 1 amide bonds. The highest BCUT2D eigenvalue weighted by Crippen LogP contribution is 2.20. The molecule has 2 heterocycles. The van der Waals surface area contributed by atoms with Gasteiger partial charge in [-0.3, -0.25) is 4.79 Å². The number of carbonyl (C=O) groups excluding carboxylic acids is 1. The van der Waals surface area contributed by atoms with Crippen molar-refractivity contribution in [3.8, 4) is 0 Å². The molecule has 2 N–H and O–H groups in total. The number of piperidine rings is 1. The molecule has 0 bridgehead atoms. The Labute approximate surface area is 138 Å². The lowest BCUT2D eigenvalue weighted by Crippen LogP contribution is -2.38. The molecular formula is C16H29N5O2. The fourth-order valence-electron chi connectivity index (χ4n) is 3.05. The summed E-state index contributed by atoms with van der Waals surface area (Å²) in [5.41, 5.74) is 1.28. The number of carbonyl (C=O) groups is 1. The summed E-state index contributed by atoms with van der Waals surface area (Å²) in [4.78, 5) is 12.5. The summed E-state index contributed by atoms with van der Waals surface area (Å²) in [5, 5.41) is 14.7. The number of hydrogen-bond acceptors (Lipinski definition) is 5. The van der Waals surface area contributed by atoms with Crippen molar-refractivity contribution in [3.63, 3.8) is 0 Å². The highest BCUT2D eigenvalue weighted by Gasteiger charge is 2.24. The molecule has 130 valence electrons. The topological polar surface area (TPSA) is 81.1 Å². The zero-order chi connectivity index (χ0) is 16.7. The quantitative estimate of drug-likeness (QED) is 0.757. The van der Waals surface area contributed by atoms with Crippen LogP contribution < -0.4 is 10.6 Å². The van der Waals surface area contributed by atoms with Crippen LogP contribution in [0, 0.1) is 6.92 Å². The van der Waals surface area contributed by atoms with Crippen LogP contribution in [0.1, 0.15) is 61.3 Å². The Bertz CT molecular complexity index is 497. The van der Waals surface area contributed by atoms with Crippen molar-refractivity contribution in [1.29, 1.82) is 0 Å². The number of aromatic nitrogens is 3. The molecule has 1 fully saturated rings. The van der Waals surface area contributed by atoms with E-state index in [0.717, 1.165) is 50.9 Å². The number of nitrogens with zero attached hydrogens (tertiary/aromatic N) is 3. The van der Waals surface area contributed by atoms with Crippen LogP contribution in [-0.2, 0) is 4.74 Å². The van der Waals surface area contributed by atoms with Crippen molar-refractivity contribution in [3.05, 3.63) is 11.4 Å². The molecule has 1 aromatic rings. The summed E-state index contributed by atoms with van der Waals surface area (Å²) in [7, 11) is 1.66. The van der Waals surface area contributed by atoms with Crippen LogP contribution in [0.3, 0.4) is 0 Å². The molecule has 1 aliphatic heterocycles. The highest BCUT2D eigenvalue weighted by atomic mass is 16.5. The van der Waals surface area contributed by atoms with E-state index in [0.29, 0.717) is 18.3 Å². The van der Waals surface area contributed by atoms with Crippen molar-refractivity contribution < 1.29 is 9.53 Å². The molecule has 1 aliphatic rings. The Morgan fingerprint density at radius 2 is 2.22 bits per heavy atom. The molecule has 1 saturated heterocycles. The number of rotatable bonds is 8. The summed E-state index contributed by atoms with van der Waals surface area (Å²) in [6.07, 6.45) is 5.12. The first kappa shape index (κ1) is 17.9. The summed E-state index contributed by atoms with van der Waals surface area (Å²) in [6, 6.07) is 0.357. The highest BCUT2D eigenvalue weighted by molar-refractivity contribution is 5.93. The number of ether oxygens (including phenoxy) is 1. The maximum absolute atomic E-state index is 12.5. The number of hydrogen-bond donors (Lipinski definition) is 2. The second kappa shape index (κ2) is 8.98. The van der Waals surface area contributed by atoms with Gasteiger partial charge in [0.2, 0.25) is 0 Å². The molecule has 0 aromatic carbocycles. The summed E-state index contributed by atoms with van der Waals surface area (Å²) >= 11 is 0. The first-order chi connectivity index (χ1) is 11.2. The van der Waals surface area contributed by atoms with Gasteiger partial charge in [-0.25, -0.2) is 4.68 Å². The third-order valence-corrected chi connectivity index (χ3v) is 4.41. The lowest BCUT2D eigenvalue weighted by Gasteiger charge is -2.23. The van der Waals surface area contributed by atoms with E-state index in [1.54, 1.807) is 7.11 Å². The predicted molar refractivity (Wildman–Crippen MR) is 88.6 cm³/mol. The monoisotopic (exact) mass is 323 g/mol. The van der Waals surface area contributed by atoms with E-state index < -0.39 is 0 Å². The molecule has 0 aliphatic carbocycles. The van der Waals surface area contributed by atoms with Gasteiger partial charge in [-0.15, -0.1) is 5.10 Å². The largest absolute Gasteiger partial charge is 0.383 e. The van der Waals surface area contributed by atoms with Crippen LogP contribution in [0.5, 0.6) is 0 Å². The molecule has 0 spiro atoms. The van der Waals surface area contributed by atoms with Crippen LogP contribution in [0.25, 0.3) is 0 Å². The van der Waals surface area contributed by atoms with Crippen LogP contribution in [0.4, 0.5) is 0 Å². The van der Waals surface area contributed by atoms with Gasteiger partial charge in [0, 0.05) is 7.11 Å². The Hall–Kier alpha value is -1.47. The summed E-state index contributed by atoms with van der Waals surface area (Å²) in [6.45, 7) is 6.55. The Morgan fingerprint density at radius 3 is 2.87 bits per heavy atom. The average Bonchev–Trinajstić information content (AvgIpc) is 2.95. The second-order valence-corrected chi connectivity index (χ2v) is 6.22. The van der Waals surface area contributed by atoms with Gasteiger partial charge in [-0.2, -0.15) is 0 Å². The van der Waals surface area contributed by atoms with E-state index in [4.69, 9.17) is 4.74 Å². The molecule has 2 rings (SSSR count). The van der Waals surface area contributed by atoms with Gasteiger partial charge in [0.05, 0.1) is 24.4 Å². The third-order valence-electron chi connectivity index (χ3n) is 4.41. The molecule has 1 atom stereocenters. The lowest BCUT2D eigenvalue weighted by molar-refractivity contribution is 0.0885. The second-order valence-electron chi connectivity index (χ2n) is 6.22. The van der Waals surface area contributed by atoms with E-state index in [2.05, 4.69) is 27.9 Å². The summed E-state index contributed by atoms with van der Waals surface area (Å²) < 4.78 is 7.12. The van der Waals surface area contributed by atoms with Gasteiger partial charge in [0.25, 0.3) is 5.91 Å². The van der Waals surface area contributed by atoms with Gasteiger partial charge >= 0.3 is 0 Å². The van der Waals surface area contributed by atoms with E-state index in [1.165, 1.54) is 0 Å². The molecular weight excluding hydrogens is 294 g/mol. The Morgan fingerprint density at radius 1 is 1.48 bits per heavy atom. The van der Waals surface area contributed by atoms with E-state index in [-0.39, 0.29) is 11.9 Å². The SMILES string of the molecule is CCCCC(COC)NC(=O)c1nnn(C2CCNCC2)c1C. The van der Waals surface area contributed by atoms with Crippen LogP contribution >= 0.6 is 0 Å². The molecule has 7 heteroatoms. The number of methoxy groups -OCH3 is 1. The Kier molecular flexibility index (Phi) is 6.98. The summed E-state index contributed by atoms with van der Waals surface area (Å²) in [5.74, 6) is -0.152. The van der Waals surface area contributed by atoms with Gasteiger partial charge in [0.15, 0.2) is 5.69 Å². The molecule has 1 aromatic heterocycles. The minimum Gasteiger partial charge on any atom is -0.383 e. The number of amides is 1. The average molecular weight is 323 g/mol. The van der Waals surface area contributed by atoms with Gasteiger partial charge in [0.1, 0.15) is 0 Å². The van der Waals surface area contributed by atoms with Crippen molar-refractivity contribution in [1.82, 2.24) is 25.6 Å². The van der Waals surface area contributed by atoms with E-state index in [1.807, 2.05) is 11.6 Å². The zero-order valence-electron chi connectivity index (χ0n) is 14.5. The van der Waals surface area contributed by atoms with Crippen molar-refractivity contribution in [2.75, 3.05) is 26.8 Å². The minimum atomic E-state index is -0.152. The van der Waals surface area contributed by atoms with Gasteiger partial charge in [-0.1, -0.05) is 25.0 Å². The molecule has 0 radical (unpaired) electrons. The van der Waals surface area contributed by atoms with Crippen LogP contribution in [0.2, 0.25) is 0 Å². The first-order valence-electron chi connectivity index (χ1n) is 8.59. The minimum absolute atomic E-state index is 0.0240. The number of unbranched alkanes of at least 4 members (excludes halogenated alkanes) is 1. The van der Waals surface area contributed by atoms with Crippen molar-refractivity contribution >= 4 is 5.91 Å². The normalized spacial score (nSPS) is 17.2. The van der Waals surface area contributed by atoms with Gasteiger partial charge < -0.3 is 15.4 Å². The maximum Gasteiger partial charge on any atom is 0.274 e. The fourth-order valence-corrected chi connectivity index (χ4v) is 3.05. The lowest BCUT2D eigenvalue weighted by atomic mass is 10.1. The maximum atomic E-state index is 12.5. The molecule has 23 heavy (non-hydrogen) atoms. The molecule has 1 unspecified atom stereocenters. The van der Waals surface area contributed by atoms with Gasteiger partial charge in [-0.05, 0) is 39.3 Å². The van der Waals surface area contributed by atoms with Crippen molar-refractivity contribution in [2.45, 2.75) is 58.0 Å². The standard InChI is InChI=1S/C16H29N5O2/c1-4-5-6-13(11-23-3)18-16(22)15-12(2)21(20-19-15)14-7-9-17-10-8-14/h13-14,17H,4-11H2,1-3H3,(H,18,22). The third kappa shape index (κ3) is 4.75. The predicted octanol–water partition coefficient (Wildman–Crippen LogP) is 1.45.